The maximum atomic E-state index is 12.6. The number of hydrogen-bond donors (Lipinski definition) is 2. The van der Waals surface area contributed by atoms with Crippen LogP contribution in [-0.4, -0.2) is 28.0 Å². The van der Waals surface area contributed by atoms with Crippen LogP contribution < -0.4 is 5.32 Å². The highest BCUT2D eigenvalue weighted by molar-refractivity contribution is 6.38. The number of aromatic amines is 1. The number of amides is 1. The molecule has 9 heteroatoms. The van der Waals surface area contributed by atoms with Crippen LogP contribution in [0, 0.1) is 25.2 Å². The van der Waals surface area contributed by atoms with E-state index in [1.165, 1.54) is 0 Å². The number of aromatic nitrogens is 2. The van der Waals surface area contributed by atoms with Crippen molar-refractivity contribution in [3.05, 3.63) is 76.0 Å². The molecular weight excluding hydrogens is 432 g/mol. The lowest BCUT2D eigenvalue weighted by Gasteiger charge is -2.12. The Balaban J connectivity index is 1.50. The molecule has 0 unspecified atom stereocenters. The number of benzene rings is 1. The van der Waals surface area contributed by atoms with E-state index in [0.29, 0.717) is 34.6 Å². The van der Waals surface area contributed by atoms with E-state index >= 15 is 0 Å². The smallest absolute Gasteiger partial charge is 0.356 e. The lowest BCUT2D eigenvalue weighted by Crippen LogP contribution is -2.23. The number of carbonyl (C=O) groups excluding carboxylic acids is 2. The van der Waals surface area contributed by atoms with Crippen LogP contribution in [0.1, 0.15) is 33.1 Å². The summed E-state index contributed by atoms with van der Waals surface area (Å²) in [5.74, 6) is -0.341. The van der Waals surface area contributed by atoms with Gasteiger partial charge in [0, 0.05) is 16.6 Å². The third-order valence-corrected chi connectivity index (χ3v) is 5.67. The molecule has 0 fully saturated rings. The zero-order valence-electron chi connectivity index (χ0n) is 17.4. The summed E-state index contributed by atoms with van der Waals surface area (Å²) >= 11 is 6.26. The van der Waals surface area contributed by atoms with Crippen molar-refractivity contribution in [2.75, 3.05) is 11.9 Å². The topological polar surface area (TPSA) is 113 Å². The number of rotatable bonds is 6. The predicted molar refractivity (Wildman–Crippen MR) is 119 cm³/mol. The molecule has 0 aliphatic carbocycles. The summed E-state index contributed by atoms with van der Waals surface area (Å²) in [7, 11) is 0. The molecule has 4 rings (SSSR count). The van der Waals surface area contributed by atoms with E-state index in [4.69, 9.17) is 20.8 Å². The molecule has 162 valence electrons. The highest BCUT2D eigenvalue weighted by Crippen LogP contribution is 2.29. The molecule has 0 radical (unpaired) electrons. The molecule has 2 N–H and O–H groups in total. The molecule has 3 heterocycles. The highest BCUT2D eigenvalue weighted by atomic mass is 35.5. The van der Waals surface area contributed by atoms with Gasteiger partial charge in [-0.05, 0) is 37.6 Å². The zero-order chi connectivity index (χ0) is 22.8. The van der Waals surface area contributed by atoms with Gasteiger partial charge in [0.05, 0.1) is 23.4 Å². The maximum absolute atomic E-state index is 12.6. The minimum absolute atomic E-state index is 0.0752. The van der Waals surface area contributed by atoms with Crippen LogP contribution in [0.2, 0.25) is 5.02 Å². The molecule has 0 bridgehead atoms. The molecule has 32 heavy (non-hydrogen) atoms. The summed E-state index contributed by atoms with van der Waals surface area (Å²) in [5.41, 5.74) is 2.67. The summed E-state index contributed by atoms with van der Waals surface area (Å²) in [6.45, 7) is 3.45. The third-order valence-electron chi connectivity index (χ3n) is 5.27. The molecule has 0 atom stereocenters. The predicted octanol–water partition coefficient (Wildman–Crippen LogP) is 4.55. The van der Waals surface area contributed by atoms with Crippen molar-refractivity contribution in [3.8, 4) is 6.07 Å². The maximum Gasteiger partial charge on any atom is 0.356 e. The number of para-hydroxylation sites is 1. The van der Waals surface area contributed by atoms with Crippen LogP contribution in [0.25, 0.3) is 10.9 Å². The fourth-order valence-electron chi connectivity index (χ4n) is 3.51. The summed E-state index contributed by atoms with van der Waals surface area (Å²) in [6, 6.07) is 12.9. The number of H-pyrrole nitrogens is 1. The van der Waals surface area contributed by atoms with E-state index in [9.17, 15) is 14.9 Å². The number of fused-ring (bicyclic) bond motifs is 1. The van der Waals surface area contributed by atoms with E-state index in [0.717, 1.165) is 11.3 Å². The second-order valence-electron chi connectivity index (χ2n) is 7.20. The molecule has 1 amide bonds. The Hall–Kier alpha value is -3.96. The van der Waals surface area contributed by atoms with E-state index in [1.807, 2.05) is 13.0 Å². The Morgan fingerprint density at radius 3 is 2.72 bits per heavy atom. The van der Waals surface area contributed by atoms with Gasteiger partial charge < -0.3 is 24.0 Å². The quantitative estimate of drug-likeness (QED) is 0.418. The Morgan fingerprint density at radius 1 is 1.25 bits per heavy atom. The molecule has 0 aliphatic heterocycles. The molecule has 8 nitrogen and oxygen atoms in total. The Kier molecular flexibility index (Phi) is 5.75. The zero-order valence-corrected chi connectivity index (χ0v) is 18.1. The van der Waals surface area contributed by atoms with Gasteiger partial charge >= 0.3 is 5.97 Å². The largest absolute Gasteiger partial charge is 0.467 e. The van der Waals surface area contributed by atoms with Gasteiger partial charge in [-0.2, -0.15) is 5.26 Å². The molecule has 4 aromatic rings. The molecule has 0 saturated heterocycles. The first kappa shape index (κ1) is 21.3. The molecule has 0 saturated carbocycles. The highest BCUT2D eigenvalue weighted by Gasteiger charge is 2.22. The lowest BCUT2D eigenvalue weighted by atomic mass is 10.2. The summed E-state index contributed by atoms with van der Waals surface area (Å²) in [5, 5.41) is 13.2. The molecular formula is C23H19ClN4O4. The number of nitrogens with zero attached hydrogens (tertiary/aromatic N) is 2. The van der Waals surface area contributed by atoms with Gasteiger partial charge in [-0.15, -0.1) is 0 Å². The Morgan fingerprint density at radius 2 is 2.03 bits per heavy atom. The SMILES string of the molecule is Cc1c(C#N)c(NC(=O)COC(=O)c2[nH]c3ccccc3c2Cl)n(Cc2ccco2)c1C. The van der Waals surface area contributed by atoms with Crippen LogP contribution in [0.3, 0.4) is 0 Å². The van der Waals surface area contributed by atoms with Crippen LogP contribution in [-0.2, 0) is 16.1 Å². The van der Waals surface area contributed by atoms with Gasteiger partial charge in [-0.1, -0.05) is 29.8 Å². The monoisotopic (exact) mass is 450 g/mol. The van der Waals surface area contributed by atoms with Crippen molar-refractivity contribution in [2.45, 2.75) is 20.4 Å². The average molecular weight is 451 g/mol. The van der Waals surface area contributed by atoms with E-state index < -0.39 is 18.5 Å². The van der Waals surface area contributed by atoms with E-state index in [2.05, 4.69) is 16.4 Å². The van der Waals surface area contributed by atoms with Gasteiger partial charge in [-0.3, -0.25) is 4.79 Å². The summed E-state index contributed by atoms with van der Waals surface area (Å²) in [4.78, 5) is 27.9. The van der Waals surface area contributed by atoms with Gasteiger partial charge in [0.1, 0.15) is 23.3 Å². The fourth-order valence-corrected chi connectivity index (χ4v) is 3.80. The Labute approximate surface area is 188 Å². The van der Waals surface area contributed by atoms with Crippen LogP contribution in [0.15, 0.2) is 47.1 Å². The van der Waals surface area contributed by atoms with Crippen molar-refractivity contribution in [2.24, 2.45) is 0 Å². The van der Waals surface area contributed by atoms with Crippen molar-refractivity contribution < 1.29 is 18.7 Å². The first-order valence-corrected chi connectivity index (χ1v) is 10.1. The van der Waals surface area contributed by atoms with Gasteiger partial charge in [-0.25, -0.2) is 4.79 Å². The van der Waals surface area contributed by atoms with Crippen LogP contribution in [0.4, 0.5) is 5.82 Å². The second-order valence-corrected chi connectivity index (χ2v) is 7.57. The van der Waals surface area contributed by atoms with Crippen molar-refractivity contribution in [1.29, 1.82) is 5.26 Å². The van der Waals surface area contributed by atoms with E-state index in [-0.39, 0.29) is 10.7 Å². The third kappa shape index (κ3) is 3.86. The minimum atomic E-state index is -0.750. The fraction of sp³-hybridized carbons (Fsp3) is 0.174. The van der Waals surface area contributed by atoms with Crippen molar-refractivity contribution in [1.82, 2.24) is 9.55 Å². The van der Waals surface area contributed by atoms with Crippen LogP contribution in [0.5, 0.6) is 0 Å². The van der Waals surface area contributed by atoms with Crippen molar-refractivity contribution >= 4 is 40.2 Å². The average Bonchev–Trinajstić information content (AvgIpc) is 3.48. The van der Waals surface area contributed by atoms with Crippen LogP contribution >= 0.6 is 11.6 Å². The number of furan rings is 1. The number of esters is 1. The number of anilines is 1. The van der Waals surface area contributed by atoms with E-state index in [1.54, 1.807) is 48.1 Å². The number of hydrogen-bond acceptors (Lipinski definition) is 5. The van der Waals surface area contributed by atoms with Gasteiger partial charge in [0.25, 0.3) is 5.91 Å². The number of carbonyl (C=O) groups is 2. The minimum Gasteiger partial charge on any atom is -0.467 e. The number of ether oxygens (including phenoxy) is 1. The number of nitrogens with one attached hydrogen (secondary N) is 2. The molecule has 0 spiro atoms. The first-order chi connectivity index (χ1) is 15.4. The lowest BCUT2D eigenvalue weighted by molar-refractivity contribution is -0.119. The first-order valence-electron chi connectivity index (χ1n) is 9.76. The number of nitriles is 1. The molecule has 1 aromatic carbocycles. The molecule has 0 aliphatic rings. The summed E-state index contributed by atoms with van der Waals surface area (Å²) in [6.07, 6.45) is 1.55. The van der Waals surface area contributed by atoms with Gasteiger partial charge in [0.2, 0.25) is 0 Å². The number of halogens is 1. The summed E-state index contributed by atoms with van der Waals surface area (Å²) < 4.78 is 12.3. The second kappa shape index (κ2) is 8.65. The van der Waals surface area contributed by atoms with Gasteiger partial charge in [0.15, 0.2) is 6.61 Å². The molecule has 3 aromatic heterocycles. The standard InChI is InChI=1S/C23H19ClN4O4/c1-13-14(2)28(11-15-6-5-9-31-15)22(17(13)10-25)27-19(29)12-32-23(30)21-20(24)16-7-3-4-8-18(16)26-21/h3-9,26H,11-12H2,1-2H3,(H,27,29). The Bertz CT molecular complexity index is 1360. The van der Waals surface area contributed by atoms with Crippen molar-refractivity contribution in [3.63, 3.8) is 0 Å². The normalized spacial score (nSPS) is 10.8.